The Labute approximate surface area is 180 Å². The number of hydrogen-bond acceptors (Lipinski definition) is 6. The molecule has 0 spiro atoms. The molecule has 9 heteroatoms. The van der Waals surface area contributed by atoms with E-state index in [1.54, 1.807) is 25.0 Å². The van der Waals surface area contributed by atoms with Crippen LogP contribution in [0.15, 0.2) is 43.6 Å². The van der Waals surface area contributed by atoms with Crippen molar-refractivity contribution in [2.24, 2.45) is 0 Å². The van der Waals surface area contributed by atoms with Gasteiger partial charge in [-0.05, 0) is 19.3 Å². The third-order valence-corrected chi connectivity index (χ3v) is 5.17. The van der Waals surface area contributed by atoms with Gasteiger partial charge in [0.1, 0.15) is 17.8 Å². The van der Waals surface area contributed by atoms with E-state index < -0.39 is 0 Å². The molecule has 4 aromatic heterocycles. The average Bonchev–Trinajstić information content (AvgIpc) is 3.40. The number of imidazole rings is 2. The van der Waals surface area contributed by atoms with Crippen LogP contribution in [0, 0.1) is 6.92 Å². The number of hydrogen-bond donors (Lipinski definition) is 0. The molecule has 0 saturated heterocycles. The molecule has 0 saturated carbocycles. The second-order valence-corrected chi connectivity index (χ2v) is 8.02. The summed E-state index contributed by atoms with van der Waals surface area (Å²) in [6, 6.07) is 0. The first-order chi connectivity index (χ1) is 14.4. The van der Waals surface area contributed by atoms with Crippen LogP contribution in [0.1, 0.15) is 55.4 Å². The molecule has 154 valence electrons. The number of aromatic nitrogens is 8. The maximum atomic E-state index is 5.82. The standard InChI is InChI=1S/C21H23ClN8/c1-13(2)17-9-30(11-26-17)21-8-23-15(4)16(28-21)5-14(3)18-10-29(12-27-18)20-7-24-19(22)6-25-20/h6-14H,5H2,1-4H3. The van der Waals surface area contributed by atoms with Crippen LogP contribution >= 0.6 is 11.6 Å². The van der Waals surface area contributed by atoms with Crippen LogP contribution in [0.3, 0.4) is 0 Å². The summed E-state index contributed by atoms with van der Waals surface area (Å²) in [4.78, 5) is 26.7. The Morgan fingerprint density at radius 3 is 2.17 bits per heavy atom. The highest BCUT2D eigenvalue weighted by atomic mass is 35.5. The summed E-state index contributed by atoms with van der Waals surface area (Å²) in [5.41, 5.74) is 3.84. The Balaban J connectivity index is 1.54. The molecule has 30 heavy (non-hydrogen) atoms. The fraction of sp³-hybridized carbons (Fsp3) is 0.333. The molecule has 0 aromatic carbocycles. The van der Waals surface area contributed by atoms with Crippen LogP contribution in [0.25, 0.3) is 11.6 Å². The minimum Gasteiger partial charge on any atom is -0.289 e. The van der Waals surface area contributed by atoms with Crippen molar-refractivity contribution in [1.29, 1.82) is 0 Å². The second kappa shape index (κ2) is 8.31. The van der Waals surface area contributed by atoms with Gasteiger partial charge >= 0.3 is 0 Å². The molecule has 0 radical (unpaired) electrons. The topological polar surface area (TPSA) is 87.2 Å². The van der Waals surface area contributed by atoms with E-state index in [2.05, 4.69) is 45.7 Å². The van der Waals surface area contributed by atoms with E-state index >= 15 is 0 Å². The lowest BCUT2D eigenvalue weighted by Gasteiger charge is -2.11. The molecular formula is C21H23ClN8. The maximum Gasteiger partial charge on any atom is 0.156 e. The van der Waals surface area contributed by atoms with Crippen LogP contribution in [0.5, 0.6) is 0 Å². The lowest BCUT2D eigenvalue weighted by atomic mass is 10.0. The first kappa shape index (κ1) is 20.2. The average molecular weight is 423 g/mol. The van der Waals surface area contributed by atoms with Crippen molar-refractivity contribution in [3.63, 3.8) is 0 Å². The highest BCUT2D eigenvalue weighted by molar-refractivity contribution is 6.29. The molecule has 4 aromatic rings. The van der Waals surface area contributed by atoms with E-state index in [0.29, 0.717) is 16.9 Å². The molecule has 1 atom stereocenters. The van der Waals surface area contributed by atoms with Crippen molar-refractivity contribution >= 4 is 11.6 Å². The van der Waals surface area contributed by atoms with Crippen LogP contribution in [0.4, 0.5) is 0 Å². The minimum atomic E-state index is 0.156. The molecule has 0 aliphatic carbocycles. The molecular weight excluding hydrogens is 400 g/mol. The molecule has 0 amide bonds. The van der Waals surface area contributed by atoms with E-state index in [-0.39, 0.29) is 5.92 Å². The van der Waals surface area contributed by atoms with Crippen molar-refractivity contribution in [2.75, 3.05) is 0 Å². The molecule has 0 N–H and O–H groups in total. The van der Waals surface area contributed by atoms with Gasteiger partial charge in [0, 0.05) is 18.3 Å². The van der Waals surface area contributed by atoms with Gasteiger partial charge in [-0.25, -0.2) is 24.9 Å². The van der Waals surface area contributed by atoms with Crippen molar-refractivity contribution < 1.29 is 0 Å². The highest BCUT2D eigenvalue weighted by Gasteiger charge is 2.15. The van der Waals surface area contributed by atoms with E-state index in [1.807, 2.05) is 28.5 Å². The number of aryl methyl sites for hydroxylation is 1. The molecule has 0 fully saturated rings. The number of nitrogens with zero attached hydrogens (tertiary/aromatic N) is 8. The molecule has 0 bridgehead atoms. The molecule has 8 nitrogen and oxygen atoms in total. The zero-order chi connectivity index (χ0) is 21.3. The van der Waals surface area contributed by atoms with Gasteiger partial charge in [-0.2, -0.15) is 0 Å². The monoisotopic (exact) mass is 422 g/mol. The van der Waals surface area contributed by atoms with Crippen LogP contribution in [-0.4, -0.2) is 39.0 Å². The smallest absolute Gasteiger partial charge is 0.156 e. The van der Waals surface area contributed by atoms with E-state index in [9.17, 15) is 0 Å². The summed E-state index contributed by atoms with van der Waals surface area (Å²) in [5, 5.41) is 0.361. The Morgan fingerprint density at radius 2 is 1.50 bits per heavy atom. The SMILES string of the molecule is Cc1ncc(-n2cnc(C(C)C)c2)nc1CC(C)c1cn(-c2cnc(Cl)cn2)cn1. The van der Waals surface area contributed by atoms with Crippen LogP contribution in [0.2, 0.25) is 5.15 Å². The first-order valence-corrected chi connectivity index (χ1v) is 10.2. The van der Waals surface area contributed by atoms with Crippen molar-refractivity contribution in [3.8, 4) is 11.6 Å². The summed E-state index contributed by atoms with van der Waals surface area (Å²) in [6.45, 7) is 8.35. The van der Waals surface area contributed by atoms with Gasteiger partial charge in [-0.3, -0.25) is 14.1 Å². The summed E-state index contributed by atoms with van der Waals surface area (Å²) >= 11 is 5.82. The zero-order valence-corrected chi connectivity index (χ0v) is 18.1. The summed E-state index contributed by atoms with van der Waals surface area (Å²) < 4.78 is 3.76. The quantitative estimate of drug-likeness (QED) is 0.465. The van der Waals surface area contributed by atoms with Gasteiger partial charge in [0.15, 0.2) is 11.6 Å². The fourth-order valence-corrected chi connectivity index (χ4v) is 3.21. The summed E-state index contributed by atoms with van der Waals surface area (Å²) in [5.74, 6) is 1.96. The number of rotatable bonds is 6. The maximum absolute atomic E-state index is 5.82. The van der Waals surface area contributed by atoms with Gasteiger partial charge in [-0.1, -0.05) is 32.4 Å². The van der Waals surface area contributed by atoms with E-state index in [1.165, 1.54) is 6.20 Å². The fourth-order valence-electron chi connectivity index (χ4n) is 3.11. The predicted octanol–water partition coefficient (Wildman–Crippen LogP) is 4.07. The zero-order valence-electron chi connectivity index (χ0n) is 17.4. The van der Waals surface area contributed by atoms with Gasteiger partial charge < -0.3 is 0 Å². The molecule has 4 rings (SSSR count). The van der Waals surface area contributed by atoms with E-state index in [4.69, 9.17) is 16.6 Å². The molecule has 4 heterocycles. The molecule has 1 unspecified atom stereocenters. The van der Waals surface area contributed by atoms with Gasteiger partial charge in [0.25, 0.3) is 0 Å². The van der Waals surface area contributed by atoms with Crippen molar-refractivity contribution in [1.82, 2.24) is 39.0 Å². The second-order valence-electron chi connectivity index (χ2n) is 7.63. The summed E-state index contributed by atoms with van der Waals surface area (Å²) in [7, 11) is 0. The largest absolute Gasteiger partial charge is 0.289 e. The third kappa shape index (κ3) is 4.23. The van der Waals surface area contributed by atoms with Crippen LogP contribution in [-0.2, 0) is 6.42 Å². The Kier molecular flexibility index (Phi) is 5.59. The van der Waals surface area contributed by atoms with Gasteiger partial charge in [-0.15, -0.1) is 0 Å². The Morgan fingerprint density at radius 1 is 0.833 bits per heavy atom. The number of halogens is 1. The lowest BCUT2D eigenvalue weighted by Crippen LogP contribution is -2.07. The first-order valence-electron chi connectivity index (χ1n) is 9.79. The Hall–Kier alpha value is -3.13. The summed E-state index contributed by atoms with van der Waals surface area (Å²) in [6.07, 6.45) is 13.1. The Bertz CT molecular complexity index is 1150. The lowest BCUT2D eigenvalue weighted by molar-refractivity contribution is 0.706. The minimum absolute atomic E-state index is 0.156. The van der Waals surface area contributed by atoms with Gasteiger partial charge in [0.2, 0.25) is 0 Å². The van der Waals surface area contributed by atoms with Crippen molar-refractivity contribution in [2.45, 2.75) is 46.0 Å². The molecule has 0 aliphatic rings. The third-order valence-electron chi connectivity index (χ3n) is 4.98. The van der Waals surface area contributed by atoms with E-state index in [0.717, 1.165) is 35.0 Å². The van der Waals surface area contributed by atoms with Crippen molar-refractivity contribution in [3.05, 3.63) is 71.6 Å². The van der Waals surface area contributed by atoms with Crippen LogP contribution < -0.4 is 0 Å². The van der Waals surface area contributed by atoms with Gasteiger partial charge in [0.05, 0.1) is 41.4 Å². The highest BCUT2D eigenvalue weighted by Crippen LogP contribution is 2.21. The molecule has 0 aliphatic heterocycles. The normalized spacial score (nSPS) is 12.5. The predicted molar refractivity (Wildman–Crippen MR) is 114 cm³/mol.